The van der Waals surface area contributed by atoms with Crippen molar-refractivity contribution >= 4 is 10.2 Å². The average molecular weight is 247 g/mol. The molecule has 2 heterocycles. The SMILES string of the molecule is CC1CCN(CC2CCNCC2)S(=O)(=O)N1. The van der Waals surface area contributed by atoms with Crippen molar-refractivity contribution in [1.82, 2.24) is 14.3 Å². The zero-order chi connectivity index (χ0) is 11.6. The lowest BCUT2D eigenvalue weighted by Gasteiger charge is -2.34. The van der Waals surface area contributed by atoms with E-state index in [0.717, 1.165) is 32.4 Å². The molecular weight excluding hydrogens is 226 g/mol. The summed E-state index contributed by atoms with van der Waals surface area (Å²) in [5.74, 6) is 0.520. The molecule has 2 saturated heterocycles. The first-order valence-corrected chi connectivity index (χ1v) is 7.50. The monoisotopic (exact) mass is 247 g/mol. The van der Waals surface area contributed by atoms with Gasteiger partial charge in [-0.05, 0) is 45.2 Å². The molecular formula is C10H21N3O2S. The van der Waals surface area contributed by atoms with Crippen molar-refractivity contribution in [2.24, 2.45) is 5.92 Å². The fourth-order valence-corrected chi connectivity index (χ4v) is 3.92. The quantitative estimate of drug-likeness (QED) is 0.717. The van der Waals surface area contributed by atoms with Crippen molar-refractivity contribution in [3.63, 3.8) is 0 Å². The molecule has 0 amide bonds. The summed E-state index contributed by atoms with van der Waals surface area (Å²) in [7, 11) is -3.21. The predicted molar refractivity (Wildman–Crippen MR) is 63.3 cm³/mol. The summed E-state index contributed by atoms with van der Waals surface area (Å²) in [5.41, 5.74) is 0. The molecule has 0 radical (unpaired) electrons. The van der Waals surface area contributed by atoms with Crippen LogP contribution in [-0.4, -0.2) is 44.9 Å². The second-order valence-corrected chi connectivity index (χ2v) is 6.57. The Morgan fingerprint density at radius 1 is 1.25 bits per heavy atom. The van der Waals surface area contributed by atoms with E-state index < -0.39 is 10.2 Å². The predicted octanol–water partition coefficient (Wildman–Crippen LogP) is -0.0854. The van der Waals surface area contributed by atoms with Crippen LogP contribution in [0.25, 0.3) is 0 Å². The van der Waals surface area contributed by atoms with Crippen molar-refractivity contribution in [2.45, 2.75) is 32.2 Å². The molecule has 1 atom stereocenters. The summed E-state index contributed by atoms with van der Waals surface area (Å²) < 4.78 is 28.0. The van der Waals surface area contributed by atoms with E-state index in [9.17, 15) is 8.42 Å². The van der Waals surface area contributed by atoms with Gasteiger partial charge in [0, 0.05) is 19.1 Å². The topological polar surface area (TPSA) is 61.4 Å². The van der Waals surface area contributed by atoms with Crippen molar-refractivity contribution in [3.8, 4) is 0 Å². The minimum absolute atomic E-state index is 0.0780. The average Bonchev–Trinajstić information content (AvgIpc) is 2.23. The van der Waals surface area contributed by atoms with E-state index in [0.29, 0.717) is 19.0 Å². The molecule has 0 aromatic rings. The Bertz CT molecular complexity index is 325. The molecule has 2 rings (SSSR count). The summed E-state index contributed by atoms with van der Waals surface area (Å²) in [4.78, 5) is 0. The highest BCUT2D eigenvalue weighted by Gasteiger charge is 2.31. The summed E-state index contributed by atoms with van der Waals surface area (Å²) in [5, 5.41) is 3.30. The Kier molecular flexibility index (Phi) is 3.84. The minimum Gasteiger partial charge on any atom is -0.317 e. The molecule has 0 saturated carbocycles. The Morgan fingerprint density at radius 2 is 1.94 bits per heavy atom. The van der Waals surface area contributed by atoms with Crippen LogP contribution in [0.4, 0.5) is 0 Å². The molecule has 1 unspecified atom stereocenters. The molecule has 0 bridgehead atoms. The molecule has 0 spiro atoms. The van der Waals surface area contributed by atoms with Gasteiger partial charge in [0.05, 0.1) is 0 Å². The second-order valence-electron chi connectivity index (χ2n) is 4.86. The molecule has 5 nitrogen and oxygen atoms in total. The van der Waals surface area contributed by atoms with Gasteiger partial charge in [-0.25, -0.2) is 0 Å². The lowest BCUT2D eigenvalue weighted by molar-refractivity contribution is 0.266. The fraction of sp³-hybridized carbons (Fsp3) is 1.00. The first kappa shape index (κ1) is 12.3. The number of nitrogens with one attached hydrogen (secondary N) is 2. The van der Waals surface area contributed by atoms with Crippen molar-refractivity contribution in [3.05, 3.63) is 0 Å². The normalized spacial score (nSPS) is 32.7. The number of hydrogen-bond donors (Lipinski definition) is 2. The van der Waals surface area contributed by atoms with Gasteiger partial charge in [0.25, 0.3) is 10.2 Å². The van der Waals surface area contributed by atoms with Crippen LogP contribution in [0.2, 0.25) is 0 Å². The standard InChI is InChI=1S/C10H21N3O2S/c1-9-4-7-13(16(14,15)12-9)8-10-2-5-11-6-3-10/h9-12H,2-8H2,1H3. The van der Waals surface area contributed by atoms with E-state index in [4.69, 9.17) is 0 Å². The van der Waals surface area contributed by atoms with E-state index in [-0.39, 0.29) is 6.04 Å². The van der Waals surface area contributed by atoms with Gasteiger partial charge in [-0.3, -0.25) is 0 Å². The zero-order valence-corrected chi connectivity index (χ0v) is 10.6. The highest BCUT2D eigenvalue weighted by molar-refractivity contribution is 7.87. The number of nitrogens with zero attached hydrogens (tertiary/aromatic N) is 1. The number of rotatable bonds is 2. The third-order valence-electron chi connectivity index (χ3n) is 3.42. The van der Waals surface area contributed by atoms with Gasteiger partial charge < -0.3 is 5.32 Å². The molecule has 2 aliphatic heterocycles. The van der Waals surface area contributed by atoms with Crippen LogP contribution in [0.15, 0.2) is 0 Å². The highest BCUT2D eigenvalue weighted by Crippen LogP contribution is 2.18. The third-order valence-corrected chi connectivity index (χ3v) is 5.13. The lowest BCUT2D eigenvalue weighted by Crippen LogP contribution is -2.52. The lowest BCUT2D eigenvalue weighted by atomic mass is 9.98. The maximum absolute atomic E-state index is 11.9. The van der Waals surface area contributed by atoms with Gasteiger partial charge in [0.1, 0.15) is 0 Å². The molecule has 6 heteroatoms. The van der Waals surface area contributed by atoms with E-state index in [1.165, 1.54) is 0 Å². The summed E-state index contributed by atoms with van der Waals surface area (Å²) in [6.45, 7) is 5.30. The molecule has 2 fully saturated rings. The Hall–Kier alpha value is -0.170. The third kappa shape index (κ3) is 2.94. The molecule has 2 aliphatic rings. The Balaban J connectivity index is 1.93. The van der Waals surface area contributed by atoms with Crippen LogP contribution >= 0.6 is 0 Å². The van der Waals surface area contributed by atoms with E-state index in [2.05, 4.69) is 10.0 Å². The molecule has 16 heavy (non-hydrogen) atoms. The molecule has 2 N–H and O–H groups in total. The van der Waals surface area contributed by atoms with Crippen molar-refractivity contribution in [1.29, 1.82) is 0 Å². The van der Waals surface area contributed by atoms with E-state index >= 15 is 0 Å². The Morgan fingerprint density at radius 3 is 2.56 bits per heavy atom. The number of hydrogen-bond acceptors (Lipinski definition) is 3. The second kappa shape index (κ2) is 5.00. The van der Waals surface area contributed by atoms with Crippen LogP contribution in [0.1, 0.15) is 26.2 Å². The fourth-order valence-electron chi connectivity index (χ4n) is 2.39. The van der Waals surface area contributed by atoms with Gasteiger partial charge in [0.15, 0.2) is 0 Å². The molecule has 0 aliphatic carbocycles. The van der Waals surface area contributed by atoms with Crippen molar-refractivity contribution in [2.75, 3.05) is 26.2 Å². The van der Waals surface area contributed by atoms with Gasteiger partial charge in [-0.15, -0.1) is 0 Å². The van der Waals surface area contributed by atoms with Crippen LogP contribution in [0.3, 0.4) is 0 Å². The summed E-state index contributed by atoms with van der Waals surface area (Å²) in [6, 6.07) is 0.0780. The van der Waals surface area contributed by atoms with Gasteiger partial charge in [0.2, 0.25) is 0 Å². The molecule has 0 aromatic heterocycles. The summed E-state index contributed by atoms with van der Waals surface area (Å²) in [6.07, 6.45) is 3.08. The molecule has 94 valence electrons. The summed E-state index contributed by atoms with van der Waals surface area (Å²) >= 11 is 0. The van der Waals surface area contributed by atoms with Gasteiger partial charge in [-0.2, -0.15) is 17.4 Å². The van der Waals surface area contributed by atoms with Gasteiger partial charge >= 0.3 is 0 Å². The smallest absolute Gasteiger partial charge is 0.279 e. The Labute approximate surface area is 97.8 Å². The van der Waals surface area contributed by atoms with Crippen LogP contribution in [-0.2, 0) is 10.2 Å². The molecule has 0 aromatic carbocycles. The van der Waals surface area contributed by atoms with Crippen LogP contribution < -0.4 is 10.0 Å². The highest BCUT2D eigenvalue weighted by atomic mass is 32.2. The minimum atomic E-state index is -3.21. The van der Waals surface area contributed by atoms with Crippen LogP contribution in [0, 0.1) is 5.92 Å². The van der Waals surface area contributed by atoms with Crippen LogP contribution in [0.5, 0.6) is 0 Å². The first-order chi connectivity index (χ1) is 7.58. The van der Waals surface area contributed by atoms with E-state index in [1.807, 2.05) is 6.92 Å². The maximum Gasteiger partial charge on any atom is 0.279 e. The largest absolute Gasteiger partial charge is 0.317 e. The maximum atomic E-state index is 11.9. The van der Waals surface area contributed by atoms with E-state index in [1.54, 1.807) is 4.31 Å². The number of piperidine rings is 1. The first-order valence-electron chi connectivity index (χ1n) is 6.06. The zero-order valence-electron chi connectivity index (χ0n) is 9.78. The van der Waals surface area contributed by atoms with Crippen molar-refractivity contribution < 1.29 is 8.42 Å². The van der Waals surface area contributed by atoms with Gasteiger partial charge in [-0.1, -0.05) is 0 Å².